The van der Waals surface area contributed by atoms with Crippen LogP contribution in [0, 0.1) is 6.92 Å². The van der Waals surface area contributed by atoms with Crippen LogP contribution in [0.5, 0.6) is 0 Å². The van der Waals surface area contributed by atoms with Crippen molar-refractivity contribution < 1.29 is 0 Å². The van der Waals surface area contributed by atoms with E-state index < -0.39 is 0 Å². The first kappa shape index (κ1) is 8.54. The molecule has 1 aromatic rings. The zero-order chi connectivity index (χ0) is 8.43. The summed E-state index contributed by atoms with van der Waals surface area (Å²) in [5, 5.41) is 0.809. The number of rotatable bonds is 1. The lowest BCUT2D eigenvalue weighted by Crippen LogP contribution is -1.95. The predicted octanol–water partition coefficient (Wildman–Crippen LogP) is 3.17. The van der Waals surface area contributed by atoms with E-state index >= 15 is 0 Å². The van der Waals surface area contributed by atoms with Crippen LogP contribution in [0.15, 0.2) is 12.3 Å². The molecule has 0 fully saturated rings. The number of halogens is 1. The molecule has 0 aliphatic heterocycles. The molecule has 1 nitrogen and oxygen atoms in total. The number of nitrogens with zero attached hydrogens (tertiary/aromatic N) is 1. The molecule has 0 aliphatic rings. The van der Waals surface area contributed by atoms with Crippen LogP contribution in [0.2, 0.25) is 5.02 Å². The van der Waals surface area contributed by atoms with Gasteiger partial charge in [0.25, 0.3) is 0 Å². The van der Waals surface area contributed by atoms with Gasteiger partial charge in [-0.1, -0.05) is 25.4 Å². The molecule has 0 unspecified atom stereocenters. The number of hydrogen-bond acceptors (Lipinski definition) is 1. The lowest BCUT2D eigenvalue weighted by Gasteiger charge is -2.08. The van der Waals surface area contributed by atoms with Crippen LogP contribution in [0.1, 0.15) is 31.0 Å². The molecule has 11 heavy (non-hydrogen) atoms. The van der Waals surface area contributed by atoms with E-state index in [0.29, 0.717) is 5.92 Å². The van der Waals surface area contributed by atoms with Crippen LogP contribution >= 0.6 is 11.6 Å². The van der Waals surface area contributed by atoms with Crippen LogP contribution < -0.4 is 0 Å². The van der Waals surface area contributed by atoms with E-state index in [1.165, 1.54) is 0 Å². The van der Waals surface area contributed by atoms with Gasteiger partial charge in [-0.05, 0) is 24.5 Å². The second-order valence-corrected chi connectivity index (χ2v) is 3.36. The van der Waals surface area contributed by atoms with Crippen molar-refractivity contribution in [2.75, 3.05) is 0 Å². The quantitative estimate of drug-likeness (QED) is 0.630. The van der Waals surface area contributed by atoms with Gasteiger partial charge in [0.2, 0.25) is 0 Å². The molecule has 60 valence electrons. The van der Waals surface area contributed by atoms with Crippen molar-refractivity contribution in [3.8, 4) is 0 Å². The molecule has 0 saturated carbocycles. The normalized spacial score (nSPS) is 10.6. The predicted molar refractivity (Wildman–Crippen MR) is 48.1 cm³/mol. The molecule has 2 heteroatoms. The number of pyridine rings is 1. The Morgan fingerprint density at radius 3 is 2.55 bits per heavy atom. The minimum absolute atomic E-state index is 0.452. The zero-order valence-corrected chi connectivity index (χ0v) is 7.81. The summed E-state index contributed by atoms with van der Waals surface area (Å²) in [4.78, 5) is 4.25. The lowest BCUT2D eigenvalue weighted by atomic mass is 10.1. The van der Waals surface area contributed by atoms with Crippen molar-refractivity contribution in [3.63, 3.8) is 0 Å². The van der Waals surface area contributed by atoms with Gasteiger partial charge in [-0.15, -0.1) is 0 Å². The van der Waals surface area contributed by atoms with Gasteiger partial charge in [0, 0.05) is 16.9 Å². The molecule has 0 amide bonds. The zero-order valence-electron chi connectivity index (χ0n) is 7.06. The molecule has 0 N–H and O–H groups in total. The van der Waals surface area contributed by atoms with E-state index in [4.69, 9.17) is 11.6 Å². The van der Waals surface area contributed by atoms with Gasteiger partial charge < -0.3 is 0 Å². The van der Waals surface area contributed by atoms with Gasteiger partial charge in [-0.25, -0.2) is 0 Å². The van der Waals surface area contributed by atoms with Crippen molar-refractivity contribution in [1.29, 1.82) is 0 Å². The third-order valence-electron chi connectivity index (χ3n) is 1.72. The van der Waals surface area contributed by atoms with Gasteiger partial charge in [-0.2, -0.15) is 0 Å². The molecule has 0 aromatic carbocycles. The van der Waals surface area contributed by atoms with Crippen LogP contribution in [0.3, 0.4) is 0 Å². The maximum absolute atomic E-state index is 5.92. The molecule has 0 aliphatic carbocycles. The maximum atomic E-state index is 5.92. The fourth-order valence-corrected chi connectivity index (χ4v) is 1.26. The number of hydrogen-bond donors (Lipinski definition) is 0. The third-order valence-corrected chi connectivity index (χ3v) is 2.13. The molecule has 1 rings (SSSR count). The summed E-state index contributed by atoms with van der Waals surface area (Å²) in [5.74, 6) is 0.452. The summed E-state index contributed by atoms with van der Waals surface area (Å²) in [6.07, 6.45) is 1.75. The van der Waals surface area contributed by atoms with Gasteiger partial charge >= 0.3 is 0 Å². The van der Waals surface area contributed by atoms with Crippen LogP contribution in [-0.2, 0) is 0 Å². The second kappa shape index (κ2) is 3.22. The highest BCUT2D eigenvalue weighted by Gasteiger charge is 2.06. The first-order chi connectivity index (χ1) is 5.13. The van der Waals surface area contributed by atoms with Gasteiger partial charge in [0.1, 0.15) is 0 Å². The Kier molecular flexibility index (Phi) is 2.50. The van der Waals surface area contributed by atoms with Gasteiger partial charge in [0.15, 0.2) is 0 Å². The smallest absolute Gasteiger partial charge is 0.0472 e. The highest BCUT2D eigenvalue weighted by Crippen LogP contribution is 2.22. The first-order valence-corrected chi connectivity index (χ1v) is 4.11. The Hall–Kier alpha value is -0.560. The Labute approximate surface area is 72.4 Å². The summed E-state index contributed by atoms with van der Waals surface area (Å²) in [5.41, 5.74) is 2.20. The Morgan fingerprint density at radius 2 is 2.09 bits per heavy atom. The first-order valence-electron chi connectivity index (χ1n) is 3.74. The molecule has 1 heterocycles. The average molecular weight is 170 g/mol. The third kappa shape index (κ3) is 1.72. The Balaban J connectivity index is 3.17. The summed E-state index contributed by atoms with van der Waals surface area (Å²) < 4.78 is 0. The van der Waals surface area contributed by atoms with E-state index in [1.807, 2.05) is 13.0 Å². The lowest BCUT2D eigenvalue weighted by molar-refractivity contribution is 0.812. The van der Waals surface area contributed by atoms with E-state index in [9.17, 15) is 0 Å². The molecule has 0 saturated heterocycles. The topological polar surface area (TPSA) is 12.9 Å². The van der Waals surface area contributed by atoms with E-state index in [2.05, 4.69) is 18.8 Å². The minimum atomic E-state index is 0.452. The Morgan fingerprint density at radius 1 is 1.45 bits per heavy atom. The number of aromatic nitrogens is 1. The van der Waals surface area contributed by atoms with Crippen molar-refractivity contribution >= 4 is 11.6 Å². The molecular weight excluding hydrogens is 158 g/mol. The van der Waals surface area contributed by atoms with Gasteiger partial charge in [0.05, 0.1) is 0 Å². The van der Waals surface area contributed by atoms with Crippen molar-refractivity contribution in [1.82, 2.24) is 4.98 Å². The van der Waals surface area contributed by atoms with Gasteiger partial charge in [-0.3, -0.25) is 4.98 Å². The van der Waals surface area contributed by atoms with E-state index in [0.717, 1.165) is 16.3 Å². The SMILES string of the molecule is Cc1c(Cl)ccnc1C(C)C. The highest BCUT2D eigenvalue weighted by atomic mass is 35.5. The summed E-state index contributed by atoms with van der Waals surface area (Å²) in [6.45, 7) is 6.24. The summed E-state index contributed by atoms with van der Waals surface area (Å²) >= 11 is 5.92. The minimum Gasteiger partial charge on any atom is -0.261 e. The molecule has 0 atom stereocenters. The molecule has 0 bridgehead atoms. The standard InChI is InChI=1S/C9H12ClN/c1-6(2)9-7(3)8(10)4-5-11-9/h4-6H,1-3H3. The van der Waals surface area contributed by atoms with Crippen LogP contribution in [0.25, 0.3) is 0 Å². The van der Waals surface area contributed by atoms with Crippen molar-refractivity contribution in [3.05, 3.63) is 28.5 Å². The molecular formula is C9H12ClN. The monoisotopic (exact) mass is 169 g/mol. The fraction of sp³-hybridized carbons (Fsp3) is 0.444. The molecule has 1 aromatic heterocycles. The average Bonchev–Trinajstić information content (AvgIpc) is 1.94. The highest BCUT2D eigenvalue weighted by molar-refractivity contribution is 6.31. The second-order valence-electron chi connectivity index (χ2n) is 2.96. The fourth-order valence-electron chi connectivity index (χ4n) is 1.11. The molecule has 0 spiro atoms. The van der Waals surface area contributed by atoms with Crippen LogP contribution in [0.4, 0.5) is 0 Å². The maximum Gasteiger partial charge on any atom is 0.0472 e. The summed E-state index contributed by atoms with van der Waals surface area (Å²) in [6, 6.07) is 1.82. The van der Waals surface area contributed by atoms with Crippen molar-refractivity contribution in [2.24, 2.45) is 0 Å². The molecule has 0 radical (unpaired) electrons. The van der Waals surface area contributed by atoms with E-state index in [-0.39, 0.29) is 0 Å². The largest absolute Gasteiger partial charge is 0.261 e. The summed E-state index contributed by atoms with van der Waals surface area (Å²) in [7, 11) is 0. The van der Waals surface area contributed by atoms with E-state index in [1.54, 1.807) is 6.20 Å². The Bertz CT molecular complexity index is 256. The van der Waals surface area contributed by atoms with Crippen molar-refractivity contribution in [2.45, 2.75) is 26.7 Å². The van der Waals surface area contributed by atoms with Crippen LogP contribution in [-0.4, -0.2) is 4.98 Å².